The zero-order valence-corrected chi connectivity index (χ0v) is 44.7. The Balaban J connectivity index is 0.912. The largest absolute Gasteiger partial charge is 0.309 e. The Hall–Kier alpha value is -9.38. The average molecular weight is 1030 g/mol. The van der Waals surface area contributed by atoms with Gasteiger partial charge in [-0.15, -0.1) is 0 Å². The van der Waals surface area contributed by atoms with Gasteiger partial charge >= 0.3 is 0 Å². The lowest BCUT2D eigenvalue weighted by Gasteiger charge is -2.29. The number of aromatic nitrogens is 2. The number of rotatable bonds is 10. The van der Waals surface area contributed by atoms with Crippen molar-refractivity contribution in [3.63, 3.8) is 0 Å². The third-order valence-corrected chi connectivity index (χ3v) is 18.6. The van der Waals surface area contributed by atoms with Gasteiger partial charge in [0.2, 0.25) is 0 Å². The van der Waals surface area contributed by atoms with Gasteiger partial charge in [-0.1, -0.05) is 183 Å². The smallest absolute Gasteiger partial charge is 0.0641 e. The van der Waals surface area contributed by atoms with Crippen molar-refractivity contribution in [2.45, 2.75) is 63.2 Å². The molecule has 0 amide bonds. The molecule has 0 atom stereocenters. The van der Waals surface area contributed by atoms with Crippen LogP contribution in [0.15, 0.2) is 243 Å². The molecule has 2 saturated carbocycles. The highest BCUT2D eigenvalue weighted by Gasteiger charge is 2.30. The van der Waals surface area contributed by atoms with Crippen LogP contribution in [-0.4, -0.2) is 8.80 Å². The Labute approximate surface area is 465 Å². The molecule has 0 bridgehead atoms. The van der Waals surface area contributed by atoms with E-state index in [2.05, 4.69) is 261 Å². The van der Waals surface area contributed by atoms with E-state index >= 15 is 0 Å². The van der Waals surface area contributed by atoms with Gasteiger partial charge in [0.15, 0.2) is 0 Å². The number of hydrogen-bond donors (Lipinski definition) is 0. The van der Waals surface area contributed by atoms with E-state index in [1.54, 1.807) is 0 Å². The Morgan fingerprint density at radius 2 is 0.650 bits per heavy atom. The second-order valence-electron chi connectivity index (χ2n) is 22.9. The SMILES string of the molecule is c1ccc(-c2cc(C3CCCC3)ccc2N(c2ccccc2)c2ccc3c4cc5c(cc4n4c6ccccc6c2c34)c2ccc(N(c3ccccc3)c3ccc(C4CCCC4)cc3-c3ccccc3)c3c4ccccc4n5c23)cc1. The zero-order chi connectivity index (χ0) is 52.4. The number of fused-ring (bicyclic) bond motifs is 12. The Morgan fingerprint density at radius 1 is 0.287 bits per heavy atom. The molecule has 4 aromatic heterocycles. The number of para-hydroxylation sites is 4. The fourth-order valence-electron chi connectivity index (χ4n) is 15.0. The van der Waals surface area contributed by atoms with Crippen molar-refractivity contribution in [1.29, 1.82) is 0 Å². The number of anilines is 6. The molecule has 382 valence electrons. The van der Waals surface area contributed by atoms with Crippen molar-refractivity contribution >= 4 is 110 Å². The molecule has 2 fully saturated rings. The topological polar surface area (TPSA) is 15.3 Å². The third-order valence-electron chi connectivity index (χ3n) is 18.6. The standard InChI is InChI=1S/C76H58N4/c1-5-25-51(26-6-1)61-45-53(49-21-13-14-22-49)37-41-67(61)77(55-29-9-3-10-30-55)69-43-39-57-63-47-72-64(48-71(63)79-65-35-19-17-33-59(65)73(69)75(57)79)58-40-44-70(74-60-34-18-20-36-66(60)80(72)76(58)74)78(56-31-11-4-12-32-56)68-42-38-54(50-23-15-16-24-50)46-62(68)52-27-7-2-8-28-52/h1-12,17-20,25-50H,13-16,21-24H2. The highest BCUT2D eigenvalue weighted by atomic mass is 15.2. The van der Waals surface area contributed by atoms with Crippen LogP contribution >= 0.6 is 0 Å². The summed E-state index contributed by atoms with van der Waals surface area (Å²) >= 11 is 0. The van der Waals surface area contributed by atoms with Gasteiger partial charge in [-0.2, -0.15) is 0 Å². The molecule has 0 aliphatic heterocycles. The summed E-state index contributed by atoms with van der Waals surface area (Å²) in [5.41, 5.74) is 22.4. The van der Waals surface area contributed by atoms with Crippen LogP contribution in [0.5, 0.6) is 0 Å². The summed E-state index contributed by atoms with van der Waals surface area (Å²) in [6, 6.07) is 91.8. The maximum Gasteiger partial charge on any atom is 0.0641 e. The molecule has 0 unspecified atom stereocenters. The normalized spacial score (nSPS) is 14.5. The van der Waals surface area contributed by atoms with Crippen LogP contribution < -0.4 is 9.80 Å². The van der Waals surface area contributed by atoms with Crippen LogP contribution in [0.3, 0.4) is 0 Å². The fraction of sp³-hybridized carbons (Fsp3) is 0.132. The van der Waals surface area contributed by atoms with Crippen LogP contribution in [0.25, 0.3) is 98.4 Å². The number of hydrogen-bond acceptors (Lipinski definition) is 2. The molecule has 0 radical (unpaired) electrons. The number of benzene rings is 11. The zero-order valence-electron chi connectivity index (χ0n) is 44.7. The molecule has 80 heavy (non-hydrogen) atoms. The number of nitrogens with zero attached hydrogens (tertiary/aromatic N) is 4. The van der Waals surface area contributed by atoms with Crippen LogP contribution in [0.1, 0.15) is 74.3 Å². The third kappa shape index (κ3) is 6.81. The summed E-state index contributed by atoms with van der Waals surface area (Å²) < 4.78 is 5.16. The monoisotopic (exact) mass is 1030 g/mol. The van der Waals surface area contributed by atoms with Crippen LogP contribution in [-0.2, 0) is 0 Å². The van der Waals surface area contributed by atoms with Gasteiger partial charge in [-0.25, -0.2) is 0 Å². The molecule has 4 heteroatoms. The minimum atomic E-state index is 0.602. The van der Waals surface area contributed by atoms with Gasteiger partial charge < -0.3 is 18.6 Å². The molecular weight excluding hydrogens is 969 g/mol. The molecule has 11 aromatic carbocycles. The van der Waals surface area contributed by atoms with E-state index in [-0.39, 0.29) is 0 Å². The first-order valence-electron chi connectivity index (χ1n) is 29.1. The van der Waals surface area contributed by atoms with E-state index in [1.807, 2.05) is 0 Å². The molecule has 2 aliphatic carbocycles. The first kappa shape index (κ1) is 45.6. The fourth-order valence-corrected chi connectivity index (χ4v) is 15.0. The van der Waals surface area contributed by atoms with E-state index in [0.717, 1.165) is 11.4 Å². The molecule has 4 heterocycles. The van der Waals surface area contributed by atoms with Crippen molar-refractivity contribution in [1.82, 2.24) is 8.80 Å². The quantitative estimate of drug-likeness (QED) is 0.136. The van der Waals surface area contributed by atoms with Crippen molar-refractivity contribution in [2.24, 2.45) is 0 Å². The van der Waals surface area contributed by atoms with E-state index in [4.69, 9.17) is 0 Å². The highest BCUT2D eigenvalue weighted by Crippen LogP contribution is 2.54. The average Bonchev–Trinajstić information content (AvgIpc) is 4.47. The van der Waals surface area contributed by atoms with Crippen LogP contribution in [0, 0.1) is 0 Å². The summed E-state index contributed by atoms with van der Waals surface area (Å²) in [5, 5.41) is 10.1. The van der Waals surface area contributed by atoms with Crippen LogP contribution in [0.4, 0.5) is 34.1 Å². The van der Waals surface area contributed by atoms with E-state index in [0.29, 0.717) is 11.8 Å². The minimum absolute atomic E-state index is 0.602. The summed E-state index contributed by atoms with van der Waals surface area (Å²) in [5.74, 6) is 1.20. The molecule has 17 rings (SSSR count). The van der Waals surface area contributed by atoms with Gasteiger partial charge in [0, 0.05) is 65.6 Å². The van der Waals surface area contributed by atoms with Gasteiger partial charge in [0.25, 0.3) is 0 Å². The van der Waals surface area contributed by atoms with Gasteiger partial charge in [-0.05, 0) is 145 Å². The Morgan fingerprint density at radius 3 is 1.06 bits per heavy atom. The molecule has 4 nitrogen and oxygen atoms in total. The van der Waals surface area contributed by atoms with Gasteiger partial charge in [0.05, 0.1) is 55.8 Å². The summed E-state index contributed by atoms with van der Waals surface area (Å²) in [6.07, 6.45) is 10.3. The second-order valence-corrected chi connectivity index (χ2v) is 22.9. The van der Waals surface area contributed by atoms with Gasteiger partial charge in [-0.3, -0.25) is 0 Å². The van der Waals surface area contributed by atoms with E-state index in [1.165, 1.54) is 184 Å². The van der Waals surface area contributed by atoms with Crippen molar-refractivity contribution < 1.29 is 0 Å². The van der Waals surface area contributed by atoms with Crippen molar-refractivity contribution in [2.75, 3.05) is 9.80 Å². The maximum absolute atomic E-state index is 2.58. The Bertz CT molecular complexity index is 4520. The summed E-state index contributed by atoms with van der Waals surface area (Å²) in [7, 11) is 0. The minimum Gasteiger partial charge on any atom is -0.309 e. The lowest BCUT2D eigenvalue weighted by atomic mass is 9.92. The molecule has 15 aromatic rings. The Kier molecular flexibility index (Phi) is 10.3. The molecule has 0 spiro atoms. The lowest BCUT2D eigenvalue weighted by Crippen LogP contribution is -2.12. The predicted octanol–water partition coefficient (Wildman–Crippen LogP) is 21.6. The van der Waals surface area contributed by atoms with Crippen LogP contribution in [0.2, 0.25) is 0 Å². The first-order chi connectivity index (χ1) is 39.7. The highest BCUT2D eigenvalue weighted by molar-refractivity contribution is 6.32. The lowest BCUT2D eigenvalue weighted by molar-refractivity contribution is 0.723. The summed E-state index contributed by atoms with van der Waals surface area (Å²) in [6.45, 7) is 0. The van der Waals surface area contributed by atoms with E-state index < -0.39 is 0 Å². The van der Waals surface area contributed by atoms with E-state index in [9.17, 15) is 0 Å². The molecular formula is C76H58N4. The molecule has 0 saturated heterocycles. The van der Waals surface area contributed by atoms with Gasteiger partial charge in [0.1, 0.15) is 0 Å². The second kappa shape index (κ2) is 18.1. The predicted molar refractivity (Wildman–Crippen MR) is 338 cm³/mol. The molecule has 0 N–H and O–H groups in total. The first-order valence-corrected chi connectivity index (χ1v) is 29.1. The molecule has 2 aliphatic rings. The van der Waals surface area contributed by atoms with Crippen molar-refractivity contribution in [3.05, 3.63) is 254 Å². The summed E-state index contributed by atoms with van der Waals surface area (Å²) in [4.78, 5) is 5.09. The maximum atomic E-state index is 2.58. The van der Waals surface area contributed by atoms with Crippen molar-refractivity contribution in [3.8, 4) is 22.3 Å².